The summed E-state index contributed by atoms with van der Waals surface area (Å²) in [5.74, 6) is -0.0583. The lowest BCUT2D eigenvalue weighted by molar-refractivity contribution is -0.138. The number of rotatable bonds is 6. The summed E-state index contributed by atoms with van der Waals surface area (Å²) in [6.45, 7) is 4.47. The van der Waals surface area contributed by atoms with Gasteiger partial charge >= 0.3 is 5.97 Å². The normalized spacial score (nSPS) is 25.1. The third-order valence-electron chi connectivity index (χ3n) is 4.08. The number of hydrogen-bond acceptors (Lipinski definition) is 3. The van der Waals surface area contributed by atoms with E-state index in [0.717, 1.165) is 18.8 Å². The van der Waals surface area contributed by atoms with Crippen molar-refractivity contribution in [3.05, 3.63) is 0 Å². The maximum absolute atomic E-state index is 12.1. The van der Waals surface area contributed by atoms with E-state index in [1.54, 1.807) is 11.9 Å². The van der Waals surface area contributed by atoms with E-state index in [-0.39, 0.29) is 18.4 Å². The zero-order valence-electron chi connectivity index (χ0n) is 12.2. The minimum atomic E-state index is -0.833. The maximum atomic E-state index is 12.1. The Labute approximate surface area is 115 Å². The molecule has 0 radical (unpaired) electrons. The fourth-order valence-electron chi connectivity index (χ4n) is 2.39. The van der Waals surface area contributed by atoms with E-state index >= 15 is 0 Å². The molecule has 1 amide bonds. The molecule has 0 spiro atoms. The molecule has 1 rings (SSSR count). The van der Waals surface area contributed by atoms with Crippen molar-refractivity contribution in [3.8, 4) is 0 Å². The molecule has 0 aliphatic heterocycles. The number of aliphatic carboxylic acids is 1. The SMILES string of the molecule is CC1CCC(NC(=O)C(C)N(C)CCC(=O)O)CC1. The Balaban J connectivity index is 2.33. The lowest BCUT2D eigenvalue weighted by Crippen LogP contribution is -2.48. The zero-order valence-corrected chi connectivity index (χ0v) is 12.2. The summed E-state index contributed by atoms with van der Waals surface area (Å²) in [5, 5.41) is 11.7. The van der Waals surface area contributed by atoms with Crippen LogP contribution in [0.25, 0.3) is 0 Å². The van der Waals surface area contributed by atoms with Gasteiger partial charge < -0.3 is 10.4 Å². The van der Waals surface area contributed by atoms with E-state index in [4.69, 9.17) is 5.11 Å². The van der Waals surface area contributed by atoms with Crippen LogP contribution in [0.1, 0.15) is 46.0 Å². The molecule has 0 aromatic carbocycles. The second-order valence-corrected chi connectivity index (χ2v) is 5.77. The average Bonchev–Trinajstić information content (AvgIpc) is 2.37. The van der Waals surface area contributed by atoms with E-state index in [1.807, 2.05) is 6.92 Å². The number of carboxylic acid groups (broad SMARTS) is 1. The van der Waals surface area contributed by atoms with Crippen molar-refractivity contribution in [1.82, 2.24) is 10.2 Å². The van der Waals surface area contributed by atoms with Crippen LogP contribution < -0.4 is 5.32 Å². The van der Waals surface area contributed by atoms with Crippen molar-refractivity contribution in [1.29, 1.82) is 0 Å². The van der Waals surface area contributed by atoms with Gasteiger partial charge in [0, 0.05) is 12.6 Å². The molecule has 2 N–H and O–H groups in total. The molecule has 1 fully saturated rings. The van der Waals surface area contributed by atoms with Crippen molar-refractivity contribution in [3.63, 3.8) is 0 Å². The average molecular weight is 270 g/mol. The van der Waals surface area contributed by atoms with Gasteiger partial charge in [-0.3, -0.25) is 14.5 Å². The van der Waals surface area contributed by atoms with E-state index < -0.39 is 5.97 Å². The Morgan fingerprint density at radius 2 is 1.89 bits per heavy atom. The van der Waals surface area contributed by atoms with Crippen LogP contribution in [-0.4, -0.2) is 47.6 Å². The number of nitrogens with zero attached hydrogens (tertiary/aromatic N) is 1. The Hall–Kier alpha value is -1.10. The Morgan fingerprint density at radius 3 is 2.42 bits per heavy atom. The Kier molecular flexibility index (Phi) is 6.28. The van der Waals surface area contributed by atoms with Crippen LogP contribution in [0.5, 0.6) is 0 Å². The predicted molar refractivity (Wildman–Crippen MR) is 73.9 cm³/mol. The van der Waals surface area contributed by atoms with Crippen molar-refractivity contribution >= 4 is 11.9 Å². The van der Waals surface area contributed by atoms with Crippen molar-refractivity contribution in [2.45, 2.75) is 58.0 Å². The highest BCUT2D eigenvalue weighted by molar-refractivity contribution is 5.81. The molecule has 0 heterocycles. The van der Waals surface area contributed by atoms with Crippen LogP contribution >= 0.6 is 0 Å². The topological polar surface area (TPSA) is 69.6 Å². The molecular weight excluding hydrogens is 244 g/mol. The predicted octanol–water partition coefficient (Wildman–Crippen LogP) is 1.48. The molecule has 0 bridgehead atoms. The molecule has 1 unspecified atom stereocenters. The van der Waals surface area contributed by atoms with Crippen LogP contribution in [-0.2, 0) is 9.59 Å². The first-order valence-electron chi connectivity index (χ1n) is 7.12. The maximum Gasteiger partial charge on any atom is 0.304 e. The molecule has 0 saturated heterocycles. The van der Waals surface area contributed by atoms with E-state index in [2.05, 4.69) is 12.2 Å². The Bertz CT molecular complexity index is 312. The van der Waals surface area contributed by atoms with Gasteiger partial charge in [0.1, 0.15) is 0 Å². The van der Waals surface area contributed by atoms with Gasteiger partial charge in [-0.2, -0.15) is 0 Å². The summed E-state index contributed by atoms with van der Waals surface area (Å²) in [6, 6.07) is 0.0118. The number of nitrogens with one attached hydrogen (secondary N) is 1. The van der Waals surface area contributed by atoms with Gasteiger partial charge in [0.15, 0.2) is 0 Å². The van der Waals surface area contributed by atoms with Crippen LogP contribution in [0.15, 0.2) is 0 Å². The molecular formula is C14H26N2O3. The van der Waals surface area contributed by atoms with Gasteiger partial charge in [0.05, 0.1) is 12.5 Å². The number of carbonyl (C=O) groups is 2. The minimum absolute atomic E-state index is 0.00689. The number of hydrogen-bond donors (Lipinski definition) is 2. The fourth-order valence-corrected chi connectivity index (χ4v) is 2.39. The van der Waals surface area contributed by atoms with Gasteiger partial charge in [-0.1, -0.05) is 6.92 Å². The quantitative estimate of drug-likeness (QED) is 0.767. The first-order valence-corrected chi connectivity index (χ1v) is 7.12. The number of amides is 1. The van der Waals surface area contributed by atoms with Crippen molar-refractivity contribution < 1.29 is 14.7 Å². The first-order chi connectivity index (χ1) is 8.90. The highest BCUT2D eigenvalue weighted by atomic mass is 16.4. The summed E-state index contributed by atoms with van der Waals surface area (Å²) >= 11 is 0. The molecule has 1 aliphatic carbocycles. The number of carboxylic acids is 1. The second kappa shape index (κ2) is 7.48. The lowest BCUT2D eigenvalue weighted by atomic mass is 9.87. The second-order valence-electron chi connectivity index (χ2n) is 5.77. The summed E-state index contributed by atoms with van der Waals surface area (Å²) < 4.78 is 0. The van der Waals surface area contributed by atoms with Gasteiger partial charge in [0.25, 0.3) is 0 Å². The lowest BCUT2D eigenvalue weighted by Gasteiger charge is -2.30. The summed E-state index contributed by atoms with van der Waals surface area (Å²) in [5.41, 5.74) is 0. The standard InChI is InChI=1S/C14H26N2O3/c1-10-4-6-12(7-5-10)15-14(19)11(2)16(3)9-8-13(17)18/h10-12H,4-9H2,1-3H3,(H,15,19)(H,17,18). The minimum Gasteiger partial charge on any atom is -0.481 e. The van der Waals surface area contributed by atoms with Gasteiger partial charge in [0.2, 0.25) is 5.91 Å². The molecule has 19 heavy (non-hydrogen) atoms. The van der Waals surface area contributed by atoms with Crippen molar-refractivity contribution in [2.75, 3.05) is 13.6 Å². The van der Waals surface area contributed by atoms with Crippen LogP contribution in [0, 0.1) is 5.92 Å². The van der Waals surface area contributed by atoms with E-state index in [0.29, 0.717) is 12.6 Å². The van der Waals surface area contributed by atoms with E-state index in [1.165, 1.54) is 12.8 Å². The molecule has 0 aromatic rings. The van der Waals surface area contributed by atoms with Gasteiger partial charge in [-0.05, 0) is 45.6 Å². The fraction of sp³-hybridized carbons (Fsp3) is 0.857. The summed E-state index contributed by atoms with van der Waals surface area (Å²) in [6.07, 6.45) is 4.52. The van der Waals surface area contributed by atoms with Crippen molar-refractivity contribution in [2.24, 2.45) is 5.92 Å². The number of carbonyl (C=O) groups excluding carboxylic acids is 1. The summed E-state index contributed by atoms with van der Waals surface area (Å²) in [4.78, 5) is 24.4. The van der Waals surface area contributed by atoms with Gasteiger partial charge in [-0.15, -0.1) is 0 Å². The molecule has 5 nitrogen and oxygen atoms in total. The van der Waals surface area contributed by atoms with Crippen LogP contribution in [0.4, 0.5) is 0 Å². The number of likely N-dealkylation sites (N-methyl/N-ethyl adjacent to an activating group) is 1. The largest absolute Gasteiger partial charge is 0.481 e. The molecule has 5 heteroatoms. The third kappa shape index (κ3) is 5.59. The molecule has 1 saturated carbocycles. The highest BCUT2D eigenvalue weighted by Gasteiger charge is 2.24. The van der Waals surface area contributed by atoms with E-state index in [9.17, 15) is 9.59 Å². The van der Waals surface area contributed by atoms with Gasteiger partial charge in [-0.25, -0.2) is 0 Å². The first kappa shape index (κ1) is 16.0. The molecule has 0 aromatic heterocycles. The molecule has 1 aliphatic rings. The molecule has 110 valence electrons. The van der Waals surface area contributed by atoms with Crippen LogP contribution in [0.3, 0.4) is 0 Å². The smallest absolute Gasteiger partial charge is 0.304 e. The highest BCUT2D eigenvalue weighted by Crippen LogP contribution is 2.23. The third-order valence-corrected chi connectivity index (χ3v) is 4.08. The summed E-state index contributed by atoms with van der Waals surface area (Å²) in [7, 11) is 1.79. The van der Waals surface area contributed by atoms with Crippen LogP contribution in [0.2, 0.25) is 0 Å². The zero-order chi connectivity index (χ0) is 14.4. The molecule has 1 atom stereocenters. The monoisotopic (exact) mass is 270 g/mol. The Morgan fingerprint density at radius 1 is 1.32 bits per heavy atom.